The molecular weight excluding hydrogens is 242 g/mol. The molecule has 0 radical (unpaired) electrons. The van der Waals surface area contributed by atoms with Crippen molar-refractivity contribution < 1.29 is 14.3 Å². The van der Waals surface area contributed by atoms with Crippen molar-refractivity contribution in [2.75, 3.05) is 12.1 Å². The number of amides is 1. The van der Waals surface area contributed by atoms with E-state index in [-0.39, 0.29) is 12.7 Å². The molecule has 0 atom stereocenters. The Morgan fingerprint density at radius 2 is 1.89 bits per heavy atom. The molecule has 3 rings (SSSR count). The van der Waals surface area contributed by atoms with Crippen molar-refractivity contribution in [3.8, 4) is 11.5 Å². The molecule has 1 aliphatic rings. The lowest BCUT2D eigenvalue weighted by atomic mass is 10.1. The molecule has 1 aliphatic heterocycles. The van der Waals surface area contributed by atoms with Crippen molar-refractivity contribution in [1.82, 2.24) is 0 Å². The van der Waals surface area contributed by atoms with Crippen LogP contribution in [0.2, 0.25) is 0 Å². The maximum absolute atomic E-state index is 12.2. The summed E-state index contributed by atoms with van der Waals surface area (Å²) in [5.74, 6) is 0.912. The van der Waals surface area contributed by atoms with Crippen LogP contribution < -0.4 is 14.8 Å². The second-order valence-electron chi connectivity index (χ2n) is 4.36. The van der Waals surface area contributed by atoms with Crippen molar-refractivity contribution in [3.05, 3.63) is 53.6 Å². The first kappa shape index (κ1) is 11.6. The van der Waals surface area contributed by atoms with Gasteiger partial charge in [0.1, 0.15) is 0 Å². The summed E-state index contributed by atoms with van der Waals surface area (Å²) in [5.41, 5.74) is 2.39. The predicted octanol–water partition coefficient (Wildman–Crippen LogP) is 2.98. The number of aryl methyl sites for hydroxylation is 1. The fourth-order valence-electron chi connectivity index (χ4n) is 1.94. The Balaban J connectivity index is 1.85. The van der Waals surface area contributed by atoms with Gasteiger partial charge in [0.25, 0.3) is 5.91 Å². The molecule has 0 fully saturated rings. The van der Waals surface area contributed by atoms with Crippen LogP contribution in [0.1, 0.15) is 15.9 Å². The molecule has 0 aromatic heterocycles. The molecule has 0 saturated heterocycles. The topological polar surface area (TPSA) is 47.6 Å². The lowest BCUT2D eigenvalue weighted by molar-refractivity contribution is 0.102. The molecular formula is C15H13NO3. The molecule has 4 nitrogen and oxygen atoms in total. The van der Waals surface area contributed by atoms with Crippen molar-refractivity contribution in [2.24, 2.45) is 0 Å². The maximum Gasteiger partial charge on any atom is 0.259 e. The Bertz CT molecular complexity index is 620. The highest BCUT2D eigenvalue weighted by atomic mass is 16.7. The number of nitrogens with one attached hydrogen (secondary N) is 1. The minimum Gasteiger partial charge on any atom is -0.454 e. The van der Waals surface area contributed by atoms with Crippen LogP contribution in [0.15, 0.2) is 42.5 Å². The van der Waals surface area contributed by atoms with Crippen molar-refractivity contribution in [3.63, 3.8) is 0 Å². The average molecular weight is 255 g/mol. The van der Waals surface area contributed by atoms with Crippen LogP contribution in [-0.4, -0.2) is 12.7 Å². The minimum absolute atomic E-state index is 0.157. The molecule has 0 aliphatic carbocycles. The van der Waals surface area contributed by atoms with Gasteiger partial charge in [-0.1, -0.05) is 23.8 Å². The van der Waals surface area contributed by atoms with Crippen LogP contribution in [0.3, 0.4) is 0 Å². The number of para-hydroxylation sites is 1. The first-order valence-electron chi connectivity index (χ1n) is 6.01. The molecule has 0 unspecified atom stereocenters. The number of hydrogen-bond acceptors (Lipinski definition) is 3. The zero-order chi connectivity index (χ0) is 13.2. The van der Waals surface area contributed by atoms with Crippen LogP contribution in [0.5, 0.6) is 11.5 Å². The monoisotopic (exact) mass is 255 g/mol. The summed E-state index contributed by atoms with van der Waals surface area (Å²) in [6.45, 7) is 2.16. The predicted molar refractivity (Wildman–Crippen MR) is 71.7 cm³/mol. The number of carbonyl (C=O) groups is 1. The zero-order valence-corrected chi connectivity index (χ0v) is 10.5. The van der Waals surface area contributed by atoms with Crippen LogP contribution in [-0.2, 0) is 0 Å². The van der Waals surface area contributed by atoms with Crippen LogP contribution in [0, 0.1) is 6.92 Å². The number of carbonyl (C=O) groups excluding carboxylic acids is 1. The number of anilines is 1. The van der Waals surface area contributed by atoms with Gasteiger partial charge in [-0.05, 0) is 31.2 Å². The van der Waals surface area contributed by atoms with E-state index in [4.69, 9.17) is 9.47 Å². The van der Waals surface area contributed by atoms with E-state index < -0.39 is 0 Å². The van der Waals surface area contributed by atoms with E-state index in [1.54, 1.807) is 18.2 Å². The Labute approximate surface area is 111 Å². The van der Waals surface area contributed by atoms with Crippen molar-refractivity contribution in [1.29, 1.82) is 0 Å². The molecule has 0 bridgehead atoms. The van der Waals surface area contributed by atoms with Crippen molar-refractivity contribution >= 4 is 11.6 Å². The minimum atomic E-state index is -0.203. The second-order valence-corrected chi connectivity index (χ2v) is 4.36. The fraction of sp³-hybridized carbons (Fsp3) is 0.133. The molecule has 2 aromatic carbocycles. The van der Waals surface area contributed by atoms with Gasteiger partial charge in [-0.3, -0.25) is 4.79 Å². The van der Waals surface area contributed by atoms with Gasteiger partial charge in [-0.2, -0.15) is 0 Å². The Morgan fingerprint density at radius 3 is 2.68 bits per heavy atom. The quantitative estimate of drug-likeness (QED) is 0.897. The second kappa shape index (κ2) is 4.65. The molecule has 1 N–H and O–H groups in total. The summed E-state index contributed by atoms with van der Waals surface area (Å²) in [4.78, 5) is 12.2. The fourth-order valence-corrected chi connectivity index (χ4v) is 1.94. The molecule has 0 saturated carbocycles. The summed E-state index contributed by atoms with van der Waals surface area (Å²) in [7, 11) is 0. The van der Waals surface area contributed by atoms with E-state index in [2.05, 4.69) is 5.32 Å². The summed E-state index contributed by atoms with van der Waals surface area (Å²) in [5, 5.41) is 2.84. The maximum atomic E-state index is 12.2. The third kappa shape index (κ3) is 2.25. The van der Waals surface area contributed by atoms with E-state index in [1.807, 2.05) is 31.2 Å². The van der Waals surface area contributed by atoms with Gasteiger partial charge in [0.2, 0.25) is 6.79 Å². The number of benzene rings is 2. The van der Waals surface area contributed by atoms with Gasteiger partial charge in [-0.15, -0.1) is 0 Å². The molecule has 4 heteroatoms. The number of fused-ring (bicyclic) bond motifs is 1. The molecule has 1 heterocycles. The molecule has 0 spiro atoms. The zero-order valence-electron chi connectivity index (χ0n) is 10.5. The molecule has 1 amide bonds. The first-order valence-corrected chi connectivity index (χ1v) is 6.01. The van der Waals surface area contributed by atoms with Gasteiger partial charge in [-0.25, -0.2) is 0 Å². The van der Waals surface area contributed by atoms with E-state index in [0.717, 1.165) is 11.3 Å². The highest BCUT2D eigenvalue weighted by Crippen LogP contribution is 2.35. The summed E-state index contributed by atoms with van der Waals surface area (Å²) in [6, 6.07) is 12.9. The lowest BCUT2D eigenvalue weighted by Gasteiger charge is -2.07. The Morgan fingerprint density at radius 1 is 1.11 bits per heavy atom. The van der Waals surface area contributed by atoms with Gasteiger partial charge >= 0.3 is 0 Å². The SMILES string of the molecule is Cc1ccc(NC(=O)c2cccc3c2OCO3)cc1. The largest absolute Gasteiger partial charge is 0.454 e. The highest BCUT2D eigenvalue weighted by molar-refractivity contribution is 6.06. The van der Waals surface area contributed by atoms with Gasteiger partial charge in [0.05, 0.1) is 5.56 Å². The van der Waals surface area contributed by atoms with E-state index in [0.29, 0.717) is 17.1 Å². The normalized spacial score (nSPS) is 12.3. The summed E-state index contributed by atoms with van der Waals surface area (Å²) in [6.07, 6.45) is 0. The van der Waals surface area contributed by atoms with Crippen LogP contribution in [0.25, 0.3) is 0 Å². The number of rotatable bonds is 2. The van der Waals surface area contributed by atoms with Gasteiger partial charge in [0.15, 0.2) is 11.5 Å². The van der Waals surface area contributed by atoms with Gasteiger partial charge in [0, 0.05) is 5.69 Å². The third-order valence-corrected chi connectivity index (χ3v) is 2.95. The average Bonchev–Trinajstić information content (AvgIpc) is 2.89. The highest BCUT2D eigenvalue weighted by Gasteiger charge is 2.21. The summed E-state index contributed by atoms with van der Waals surface area (Å²) < 4.78 is 10.6. The third-order valence-electron chi connectivity index (χ3n) is 2.95. The lowest BCUT2D eigenvalue weighted by Crippen LogP contribution is -2.12. The van der Waals surface area contributed by atoms with Gasteiger partial charge < -0.3 is 14.8 Å². The number of ether oxygens (including phenoxy) is 2. The first-order chi connectivity index (χ1) is 9.24. The smallest absolute Gasteiger partial charge is 0.259 e. The Kier molecular flexibility index (Phi) is 2.83. The van der Waals surface area contributed by atoms with E-state index in [9.17, 15) is 4.79 Å². The van der Waals surface area contributed by atoms with E-state index in [1.165, 1.54) is 0 Å². The van der Waals surface area contributed by atoms with Crippen molar-refractivity contribution in [2.45, 2.75) is 6.92 Å². The molecule has 96 valence electrons. The standard InChI is InChI=1S/C15H13NO3/c1-10-5-7-11(8-6-10)16-15(17)12-3-2-4-13-14(12)19-9-18-13/h2-8H,9H2,1H3,(H,16,17). The molecule has 2 aromatic rings. The summed E-state index contributed by atoms with van der Waals surface area (Å²) >= 11 is 0. The van der Waals surface area contributed by atoms with E-state index >= 15 is 0 Å². The number of hydrogen-bond donors (Lipinski definition) is 1. The Hall–Kier alpha value is -2.49. The van der Waals surface area contributed by atoms with Crippen LogP contribution >= 0.6 is 0 Å². The van der Waals surface area contributed by atoms with Crippen LogP contribution in [0.4, 0.5) is 5.69 Å². The molecule has 19 heavy (non-hydrogen) atoms.